The quantitative estimate of drug-likeness (QED) is 0.816. The fraction of sp³-hybridized carbons (Fsp3) is 0.929. The Morgan fingerprint density at radius 1 is 1.11 bits per heavy atom. The van der Waals surface area contributed by atoms with E-state index in [0.717, 1.165) is 25.9 Å². The van der Waals surface area contributed by atoms with Gasteiger partial charge < -0.3 is 15.5 Å². The molecule has 0 aromatic rings. The molecule has 1 amide bonds. The van der Waals surface area contributed by atoms with Crippen molar-refractivity contribution in [3.63, 3.8) is 0 Å². The smallest absolute Gasteiger partial charge is 0.225 e. The van der Waals surface area contributed by atoms with Crippen LogP contribution < -0.4 is 5.73 Å². The van der Waals surface area contributed by atoms with E-state index in [1.807, 2.05) is 26.0 Å². The van der Waals surface area contributed by atoms with Crippen LogP contribution >= 0.6 is 0 Å². The van der Waals surface area contributed by atoms with E-state index in [2.05, 4.69) is 18.7 Å². The summed E-state index contributed by atoms with van der Waals surface area (Å²) in [6.45, 7) is 6.08. The number of carbonyl (C=O) groups excluding carboxylic acids is 1. The lowest BCUT2D eigenvalue weighted by molar-refractivity contribution is -0.137. The van der Waals surface area contributed by atoms with Crippen molar-refractivity contribution in [1.82, 2.24) is 9.80 Å². The molecule has 0 saturated heterocycles. The fourth-order valence-electron chi connectivity index (χ4n) is 2.77. The SMILES string of the molecule is CC1CC(C)C(C(=O)N(C)CCN(C)C)CC1N. The monoisotopic (exact) mass is 255 g/mol. The minimum absolute atomic E-state index is 0.114. The molecule has 0 heterocycles. The molecule has 0 spiro atoms. The van der Waals surface area contributed by atoms with Gasteiger partial charge in [-0.1, -0.05) is 13.8 Å². The molecule has 1 fully saturated rings. The lowest BCUT2D eigenvalue weighted by Crippen LogP contribution is -2.46. The van der Waals surface area contributed by atoms with Crippen LogP contribution in [-0.4, -0.2) is 56.0 Å². The summed E-state index contributed by atoms with van der Waals surface area (Å²) < 4.78 is 0. The van der Waals surface area contributed by atoms with E-state index in [9.17, 15) is 4.79 Å². The molecule has 106 valence electrons. The zero-order valence-electron chi connectivity index (χ0n) is 12.5. The highest BCUT2D eigenvalue weighted by Crippen LogP contribution is 2.33. The molecule has 4 heteroatoms. The summed E-state index contributed by atoms with van der Waals surface area (Å²) in [6, 6.07) is 0.178. The molecule has 4 unspecified atom stereocenters. The molecule has 0 aliphatic heterocycles. The molecule has 4 atom stereocenters. The lowest BCUT2D eigenvalue weighted by atomic mass is 9.72. The van der Waals surface area contributed by atoms with Gasteiger partial charge in [0.2, 0.25) is 5.91 Å². The highest BCUT2D eigenvalue weighted by Gasteiger charge is 2.36. The lowest BCUT2D eigenvalue weighted by Gasteiger charge is -2.38. The topological polar surface area (TPSA) is 49.6 Å². The average molecular weight is 255 g/mol. The second kappa shape index (κ2) is 6.53. The third-order valence-electron chi connectivity index (χ3n) is 4.26. The number of hydrogen-bond acceptors (Lipinski definition) is 3. The standard InChI is InChI=1S/C14H29N3O/c1-10-8-11(2)13(15)9-12(10)14(18)17(5)7-6-16(3)4/h10-13H,6-9,15H2,1-5H3. The zero-order valence-corrected chi connectivity index (χ0v) is 12.5. The third-order valence-corrected chi connectivity index (χ3v) is 4.26. The fourth-order valence-corrected chi connectivity index (χ4v) is 2.77. The van der Waals surface area contributed by atoms with Crippen LogP contribution in [0.2, 0.25) is 0 Å². The number of nitrogens with two attached hydrogens (primary N) is 1. The van der Waals surface area contributed by atoms with Crippen molar-refractivity contribution in [2.75, 3.05) is 34.2 Å². The zero-order chi connectivity index (χ0) is 13.9. The van der Waals surface area contributed by atoms with Gasteiger partial charge in [0, 0.05) is 32.1 Å². The molecule has 4 nitrogen and oxygen atoms in total. The Hall–Kier alpha value is -0.610. The Morgan fingerprint density at radius 2 is 1.72 bits per heavy atom. The van der Waals surface area contributed by atoms with Gasteiger partial charge >= 0.3 is 0 Å². The van der Waals surface area contributed by atoms with Crippen molar-refractivity contribution in [2.45, 2.75) is 32.7 Å². The minimum Gasteiger partial charge on any atom is -0.344 e. The minimum atomic E-state index is 0.114. The molecule has 1 saturated carbocycles. The second-order valence-electron chi connectivity index (χ2n) is 6.26. The summed E-state index contributed by atoms with van der Waals surface area (Å²) >= 11 is 0. The van der Waals surface area contributed by atoms with E-state index in [0.29, 0.717) is 11.8 Å². The average Bonchev–Trinajstić information content (AvgIpc) is 2.29. The first-order valence-corrected chi connectivity index (χ1v) is 6.98. The molecule has 18 heavy (non-hydrogen) atoms. The van der Waals surface area contributed by atoms with Gasteiger partial charge in [-0.3, -0.25) is 4.79 Å². The Bertz CT molecular complexity index is 280. The summed E-state index contributed by atoms with van der Waals surface area (Å²) in [5.41, 5.74) is 6.11. The number of carbonyl (C=O) groups is 1. The Morgan fingerprint density at radius 3 is 2.28 bits per heavy atom. The van der Waals surface area contributed by atoms with Crippen molar-refractivity contribution in [2.24, 2.45) is 23.5 Å². The molecule has 0 radical (unpaired) electrons. The number of hydrogen-bond donors (Lipinski definition) is 1. The second-order valence-corrected chi connectivity index (χ2v) is 6.26. The highest BCUT2D eigenvalue weighted by atomic mass is 16.2. The van der Waals surface area contributed by atoms with E-state index in [4.69, 9.17) is 5.73 Å². The molecule has 0 bridgehead atoms. The van der Waals surface area contributed by atoms with Crippen molar-refractivity contribution >= 4 is 5.91 Å². The molecular formula is C14H29N3O. The summed E-state index contributed by atoms with van der Waals surface area (Å²) in [5, 5.41) is 0. The molecule has 1 aliphatic carbocycles. The van der Waals surface area contributed by atoms with Gasteiger partial charge in [0.15, 0.2) is 0 Å². The number of nitrogens with zero attached hydrogens (tertiary/aromatic N) is 2. The van der Waals surface area contributed by atoms with Crippen LogP contribution in [0.15, 0.2) is 0 Å². The van der Waals surface area contributed by atoms with E-state index in [1.165, 1.54) is 0 Å². The van der Waals surface area contributed by atoms with E-state index >= 15 is 0 Å². The molecule has 0 aromatic heterocycles. The maximum Gasteiger partial charge on any atom is 0.225 e. The van der Waals surface area contributed by atoms with Crippen LogP contribution in [0.3, 0.4) is 0 Å². The Kier molecular flexibility index (Phi) is 5.60. The highest BCUT2D eigenvalue weighted by molar-refractivity contribution is 5.79. The predicted octanol–water partition coefficient (Wildman–Crippen LogP) is 1.02. The van der Waals surface area contributed by atoms with Gasteiger partial charge in [0.25, 0.3) is 0 Å². The van der Waals surface area contributed by atoms with Crippen LogP contribution in [0.1, 0.15) is 26.7 Å². The largest absolute Gasteiger partial charge is 0.344 e. The molecule has 0 aromatic carbocycles. The Labute approximate surface area is 111 Å². The van der Waals surface area contributed by atoms with E-state index < -0.39 is 0 Å². The van der Waals surface area contributed by atoms with E-state index in [1.54, 1.807) is 0 Å². The van der Waals surface area contributed by atoms with Gasteiger partial charge in [-0.25, -0.2) is 0 Å². The summed E-state index contributed by atoms with van der Waals surface area (Å²) in [4.78, 5) is 16.4. The Balaban J connectivity index is 2.54. The number of likely N-dealkylation sites (N-methyl/N-ethyl adjacent to an activating group) is 2. The predicted molar refractivity (Wildman–Crippen MR) is 75.2 cm³/mol. The first kappa shape index (κ1) is 15.4. The van der Waals surface area contributed by atoms with Crippen LogP contribution in [0.4, 0.5) is 0 Å². The maximum atomic E-state index is 12.4. The molecule has 1 rings (SSSR count). The van der Waals surface area contributed by atoms with E-state index in [-0.39, 0.29) is 17.9 Å². The summed E-state index contributed by atoms with van der Waals surface area (Å²) in [6.07, 6.45) is 1.91. The van der Waals surface area contributed by atoms with Gasteiger partial charge in [-0.2, -0.15) is 0 Å². The van der Waals surface area contributed by atoms with Crippen molar-refractivity contribution < 1.29 is 4.79 Å². The van der Waals surface area contributed by atoms with Crippen molar-refractivity contribution in [3.8, 4) is 0 Å². The maximum absolute atomic E-state index is 12.4. The van der Waals surface area contributed by atoms with Gasteiger partial charge in [0.05, 0.1) is 0 Å². The van der Waals surface area contributed by atoms with Gasteiger partial charge in [0.1, 0.15) is 0 Å². The van der Waals surface area contributed by atoms with Crippen LogP contribution in [0.5, 0.6) is 0 Å². The first-order chi connectivity index (χ1) is 8.32. The molecule has 2 N–H and O–H groups in total. The number of rotatable bonds is 4. The van der Waals surface area contributed by atoms with Gasteiger partial charge in [-0.15, -0.1) is 0 Å². The van der Waals surface area contributed by atoms with Crippen LogP contribution in [-0.2, 0) is 4.79 Å². The van der Waals surface area contributed by atoms with Gasteiger partial charge in [-0.05, 0) is 38.8 Å². The normalized spacial score (nSPS) is 32.6. The summed E-state index contributed by atoms with van der Waals surface area (Å²) in [7, 11) is 5.96. The first-order valence-electron chi connectivity index (χ1n) is 6.98. The number of amides is 1. The van der Waals surface area contributed by atoms with Crippen LogP contribution in [0.25, 0.3) is 0 Å². The summed E-state index contributed by atoms with van der Waals surface area (Å²) in [5.74, 6) is 1.38. The third kappa shape index (κ3) is 3.95. The van der Waals surface area contributed by atoms with Crippen molar-refractivity contribution in [1.29, 1.82) is 0 Å². The van der Waals surface area contributed by atoms with Crippen molar-refractivity contribution in [3.05, 3.63) is 0 Å². The van der Waals surface area contributed by atoms with Crippen LogP contribution in [0, 0.1) is 17.8 Å². The molecular weight excluding hydrogens is 226 g/mol. The molecule has 1 aliphatic rings.